The van der Waals surface area contributed by atoms with Gasteiger partial charge in [-0.25, -0.2) is 4.98 Å². The zero-order chi connectivity index (χ0) is 16.4. The minimum atomic E-state index is -0.0384. The van der Waals surface area contributed by atoms with Crippen molar-refractivity contribution in [2.24, 2.45) is 0 Å². The number of aryl methyl sites for hydroxylation is 1. The van der Waals surface area contributed by atoms with Crippen molar-refractivity contribution in [3.8, 4) is 0 Å². The molecule has 2 N–H and O–H groups in total. The Bertz CT molecular complexity index is 722. The minimum absolute atomic E-state index is 0.0384. The summed E-state index contributed by atoms with van der Waals surface area (Å²) in [7, 11) is 0. The maximum absolute atomic E-state index is 12.4. The summed E-state index contributed by atoms with van der Waals surface area (Å²) in [5.41, 5.74) is 3.45. The summed E-state index contributed by atoms with van der Waals surface area (Å²) in [6.07, 6.45) is 7.58. The molecule has 0 aliphatic heterocycles. The number of pyridine rings is 1. The third-order valence-corrected chi connectivity index (χ3v) is 4.96. The number of anilines is 1. The molecule has 1 aromatic carbocycles. The Morgan fingerprint density at radius 1 is 1.12 bits per heavy atom. The molecule has 2 aliphatic carbocycles. The lowest BCUT2D eigenvalue weighted by Crippen LogP contribution is -2.30. The molecule has 0 bridgehead atoms. The summed E-state index contributed by atoms with van der Waals surface area (Å²) in [5.74, 6) is 1.24. The van der Waals surface area contributed by atoms with Crippen molar-refractivity contribution >= 4 is 11.7 Å². The van der Waals surface area contributed by atoms with Crippen molar-refractivity contribution in [2.45, 2.75) is 44.1 Å². The highest BCUT2D eigenvalue weighted by molar-refractivity contribution is 5.94. The maximum atomic E-state index is 12.4. The molecule has 2 aromatic rings. The SMILES string of the molecule is O=C(NCC1CCCc2ccccc21)c1ccc(NC2CC2)nc1. The Labute approximate surface area is 142 Å². The fraction of sp³-hybridized carbons (Fsp3) is 0.400. The molecule has 2 aliphatic rings. The zero-order valence-corrected chi connectivity index (χ0v) is 13.8. The lowest BCUT2D eigenvalue weighted by molar-refractivity contribution is 0.0950. The minimum Gasteiger partial charge on any atom is -0.367 e. The van der Waals surface area contributed by atoms with E-state index in [0.717, 1.165) is 18.7 Å². The fourth-order valence-electron chi connectivity index (χ4n) is 3.43. The van der Waals surface area contributed by atoms with Gasteiger partial charge in [0.05, 0.1) is 5.56 Å². The summed E-state index contributed by atoms with van der Waals surface area (Å²) in [5, 5.41) is 6.42. The second-order valence-corrected chi connectivity index (χ2v) is 6.85. The molecule has 0 radical (unpaired) electrons. The van der Waals surface area contributed by atoms with Gasteiger partial charge in [0.25, 0.3) is 5.91 Å². The number of rotatable bonds is 5. The van der Waals surface area contributed by atoms with E-state index < -0.39 is 0 Å². The van der Waals surface area contributed by atoms with Crippen LogP contribution in [0.5, 0.6) is 0 Å². The molecular weight excluding hydrogens is 298 g/mol. The van der Waals surface area contributed by atoms with Crippen molar-refractivity contribution in [3.63, 3.8) is 0 Å². The number of nitrogens with one attached hydrogen (secondary N) is 2. The van der Waals surface area contributed by atoms with Crippen LogP contribution in [-0.2, 0) is 6.42 Å². The zero-order valence-electron chi connectivity index (χ0n) is 13.8. The van der Waals surface area contributed by atoms with Crippen LogP contribution in [0.2, 0.25) is 0 Å². The normalized spacial score (nSPS) is 19.4. The highest BCUT2D eigenvalue weighted by atomic mass is 16.1. The molecule has 1 amide bonds. The van der Waals surface area contributed by atoms with Crippen LogP contribution in [0.3, 0.4) is 0 Å². The predicted molar refractivity (Wildman–Crippen MR) is 95.3 cm³/mol. The Morgan fingerprint density at radius 2 is 2.00 bits per heavy atom. The lowest BCUT2D eigenvalue weighted by atomic mass is 9.83. The summed E-state index contributed by atoms with van der Waals surface area (Å²) in [4.78, 5) is 16.7. The van der Waals surface area contributed by atoms with Crippen LogP contribution in [0.4, 0.5) is 5.82 Å². The molecule has 4 nitrogen and oxygen atoms in total. The van der Waals surface area contributed by atoms with E-state index >= 15 is 0 Å². The summed E-state index contributed by atoms with van der Waals surface area (Å²) in [6.45, 7) is 0.692. The van der Waals surface area contributed by atoms with E-state index in [1.165, 1.54) is 30.4 Å². The number of hydrogen-bond donors (Lipinski definition) is 2. The van der Waals surface area contributed by atoms with E-state index in [2.05, 4.69) is 39.9 Å². The third-order valence-electron chi connectivity index (χ3n) is 4.96. The standard InChI is InChI=1S/C20H23N3O/c24-20(16-8-11-19(21-13-16)23-17-9-10-17)22-12-15-6-3-5-14-4-1-2-7-18(14)15/h1-2,4,7-8,11,13,15,17H,3,5-6,9-10,12H2,(H,21,23)(H,22,24). The predicted octanol–water partition coefficient (Wildman–Crippen LogP) is 3.51. The number of carbonyl (C=O) groups excluding carboxylic acids is 1. The molecule has 1 fully saturated rings. The van der Waals surface area contributed by atoms with E-state index in [4.69, 9.17) is 0 Å². The van der Waals surface area contributed by atoms with Gasteiger partial charge in [-0.2, -0.15) is 0 Å². The van der Waals surface area contributed by atoms with Crippen LogP contribution in [0.25, 0.3) is 0 Å². The number of aromatic nitrogens is 1. The Kier molecular flexibility index (Phi) is 4.20. The van der Waals surface area contributed by atoms with Crippen LogP contribution in [0, 0.1) is 0 Å². The van der Waals surface area contributed by atoms with Gasteiger partial charge in [0.15, 0.2) is 0 Å². The number of amides is 1. The van der Waals surface area contributed by atoms with Gasteiger partial charge in [0.2, 0.25) is 0 Å². The Morgan fingerprint density at radius 3 is 2.79 bits per heavy atom. The van der Waals surface area contributed by atoms with Crippen LogP contribution < -0.4 is 10.6 Å². The molecule has 24 heavy (non-hydrogen) atoms. The number of carbonyl (C=O) groups is 1. The van der Waals surface area contributed by atoms with Gasteiger partial charge in [-0.05, 0) is 55.4 Å². The average Bonchev–Trinajstić information content (AvgIpc) is 3.44. The highest BCUT2D eigenvalue weighted by Gasteiger charge is 2.22. The monoisotopic (exact) mass is 321 g/mol. The first-order chi connectivity index (χ1) is 11.8. The first kappa shape index (κ1) is 15.2. The third kappa shape index (κ3) is 3.42. The van der Waals surface area contributed by atoms with E-state index in [0.29, 0.717) is 24.1 Å². The van der Waals surface area contributed by atoms with Crippen LogP contribution in [0.15, 0.2) is 42.6 Å². The number of fused-ring (bicyclic) bond motifs is 1. The van der Waals surface area contributed by atoms with E-state index in [9.17, 15) is 4.79 Å². The molecule has 124 valence electrons. The number of hydrogen-bond acceptors (Lipinski definition) is 3. The van der Waals surface area contributed by atoms with E-state index in [1.54, 1.807) is 6.20 Å². The van der Waals surface area contributed by atoms with E-state index in [1.807, 2.05) is 12.1 Å². The lowest BCUT2D eigenvalue weighted by Gasteiger charge is -2.25. The van der Waals surface area contributed by atoms with Gasteiger partial charge in [0, 0.05) is 24.7 Å². The summed E-state index contributed by atoms with van der Waals surface area (Å²) >= 11 is 0. The Hall–Kier alpha value is -2.36. The van der Waals surface area contributed by atoms with Crippen LogP contribution in [-0.4, -0.2) is 23.5 Å². The molecule has 1 unspecified atom stereocenters. The Balaban J connectivity index is 1.36. The first-order valence-electron chi connectivity index (χ1n) is 8.88. The fourth-order valence-corrected chi connectivity index (χ4v) is 3.43. The smallest absolute Gasteiger partial charge is 0.252 e. The molecule has 1 atom stereocenters. The van der Waals surface area contributed by atoms with Gasteiger partial charge in [-0.15, -0.1) is 0 Å². The molecule has 4 heteroatoms. The number of benzene rings is 1. The largest absolute Gasteiger partial charge is 0.367 e. The van der Waals surface area contributed by atoms with Crippen molar-refractivity contribution < 1.29 is 4.79 Å². The molecule has 4 rings (SSSR count). The van der Waals surface area contributed by atoms with Crippen molar-refractivity contribution in [2.75, 3.05) is 11.9 Å². The topological polar surface area (TPSA) is 54.0 Å². The van der Waals surface area contributed by atoms with Gasteiger partial charge in [-0.3, -0.25) is 4.79 Å². The van der Waals surface area contributed by atoms with Gasteiger partial charge in [0.1, 0.15) is 5.82 Å². The second-order valence-electron chi connectivity index (χ2n) is 6.85. The molecule has 0 spiro atoms. The van der Waals surface area contributed by atoms with Crippen molar-refractivity contribution in [1.29, 1.82) is 0 Å². The number of nitrogens with zero attached hydrogens (tertiary/aromatic N) is 1. The highest BCUT2D eigenvalue weighted by Crippen LogP contribution is 2.30. The van der Waals surface area contributed by atoms with E-state index in [-0.39, 0.29) is 5.91 Å². The van der Waals surface area contributed by atoms with Crippen molar-refractivity contribution in [1.82, 2.24) is 10.3 Å². The van der Waals surface area contributed by atoms with Crippen molar-refractivity contribution in [3.05, 3.63) is 59.3 Å². The molecule has 1 aromatic heterocycles. The quantitative estimate of drug-likeness (QED) is 0.886. The van der Waals surface area contributed by atoms with Crippen LogP contribution in [0.1, 0.15) is 53.1 Å². The second kappa shape index (κ2) is 6.63. The maximum Gasteiger partial charge on any atom is 0.252 e. The van der Waals surface area contributed by atoms with Gasteiger partial charge < -0.3 is 10.6 Å². The van der Waals surface area contributed by atoms with Crippen LogP contribution >= 0.6 is 0 Å². The summed E-state index contributed by atoms with van der Waals surface area (Å²) in [6, 6.07) is 12.9. The summed E-state index contributed by atoms with van der Waals surface area (Å²) < 4.78 is 0. The molecular formula is C20H23N3O. The molecule has 1 saturated carbocycles. The molecule has 1 heterocycles. The average molecular weight is 321 g/mol. The van der Waals surface area contributed by atoms with Gasteiger partial charge in [-0.1, -0.05) is 24.3 Å². The van der Waals surface area contributed by atoms with Gasteiger partial charge >= 0.3 is 0 Å². The molecule has 0 saturated heterocycles. The first-order valence-corrected chi connectivity index (χ1v) is 8.88.